The maximum absolute atomic E-state index is 5.26. The van der Waals surface area contributed by atoms with E-state index in [-0.39, 0.29) is 0 Å². The third-order valence-electron chi connectivity index (χ3n) is 5.44. The van der Waals surface area contributed by atoms with E-state index in [1.54, 1.807) is 0 Å². The Labute approximate surface area is 127 Å². The van der Waals surface area contributed by atoms with Gasteiger partial charge in [-0.25, -0.2) is 0 Å². The third-order valence-corrected chi connectivity index (χ3v) is 5.44. The maximum atomic E-state index is 5.26. The Balaban J connectivity index is 0.000000200. The van der Waals surface area contributed by atoms with Crippen LogP contribution in [-0.2, 0) is 4.74 Å². The SMILES string of the molecule is CCC1CCC(CC)CC1.CCN1CCC(OC)CC1. The summed E-state index contributed by atoms with van der Waals surface area (Å²) in [5.74, 6) is 2.14. The van der Waals surface area contributed by atoms with E-state index >= 15 is 0 Å². The summed E-state index contributed by atoms with van der Waals surface area (Å²) in [6.07, 6.45) is 11.8. The smallest absolute Gasteiger partial charge is 0.0595 e. The Bertz CT molecular complexity index is 167. The number of methoxy groups -OCH3 is 1. The fourth-order valence-electron chi connectivity index (χ4n) is 3.51. The minimum absolute atomic E-state index is 0.530. The van der Waals surface area contributed by atoms with Crippen LogP contribution in [0, 0.1) is 11.8 Å². The molecule has 2 nitrogen and oxygen atoms in total. The Morgan fingerprint density at radius 3 is 1.55 bits per heavy atom. The highest BCUT2D eigenvalue weighted by atomic mass is 16.5. The van der Waals surface area contributed by atoms with Gasteiger partial charge < -0.3 is 9.64 Å². The first-order valence-electron chi connectivity index (χ1n) is 8.98. The molecular weight excluding hydrogens is 246 g/mol. The summed E-state index contributed by atoms with van der Waals surface area (Å²) in [5, 5.41) is 0. The van der Waals surface area contributed by atoms with Crippen molar-refractivity contribution >= 4 is 0 Å². The fourth-order valence-corrected chi connectivity index (χ4v) is 3.51. The quantitative estimate of drug-likeness (QED) is 0.739. The fraction of sp³-hybridized carbons (Fsp3) is 1.00. The molecule has 2 heteroatoms. The van der Waals surface area contributed by atoms with Crippen LogP contribution in [-0.4, -0.2) is 37.7 Å². The van der Waals surface area contributed by atoms with Crippen LogP contribution in [0.3, 0.4) is 0 Å². The van der Waals surface area contributed by atoms with Gasteiger partial charge in [-0.15, -0.1) is 0 Å². The van der Waals surface area contributed by atoms with Crippen molar-refractivity contribution in [2.24, 2.45) is 11.8 Å². The normalized spacial score (nSPS) is 28.8. The van der Waals surface area contributed by atoms with Gasteiger partial charge in [-0.1, -0.05) is 59.3 Å². The molecule has 0 aromatic carbocycles. The molecule has 0 atom stereocenters. The highest BCUT2D eigenvalue weighted by molar-refractivity contribution is 4.71. The van der Waals surface area contributed by atoms with Crippen LogP contribution < -0.4 is 0 Å². The Morgan fingerprint density at radius 2 is 1.25 bits per heavy atom. The number of rotatable bonds is 4. The monoisotopic (exact) mass is 283 g/mol. The van der Waals surface area contributed by atoms with Crippen LogP contribution in [0.4, 0.5) is 0 Å². The number of likely N-dealkylation sites (tertiary alicyclic amines) is 1. The van der Waals surface area contributed by atoms with Gasteiger partial charge in [0, 0.05) is 20.2 Å². The molecule has 0 spiro atoms. The van der Waals surface area contributed by atoms with Gasteiger partial charge in [-0.05, 0) is 31.2 Å². The summed E-state index contributed by atoms with van der Waals surface area (Å²) in [5.41, 5.74) is 0. The van der Waals surface area contributed by atoms with Gasteiger partial charge in [0.05, 0.1) is 6.10 Å². The van der Waals surface area contributed by atoms with Gasteiger partial charge in [0.25, 0.3) is 0 Å². The third kappa shape index (κ3) is 6.58. The molecule has 0 aromatic heterocycles. The zero-order valence-electron chi connectivity index (χ0n) is 14.4. The minimum Gasteiger partial charge on any atom is -0.381 e. The predicted octanol–water partition coefficient (Wildman–Crippen LogP) is 4.73. The average molecular weight is 284 g/mol. The van der Waals surface area contributed by atoms with Crippen molar-refractivity contribution < 1.29 is 4.74 Å². The van der Waals surface area contributed by atoms with E-state index in [4.69, 9.17) is 4.74 Å². The molecule has 0 aromatic rings. The van der Waals surface area contributed by atoms with Crippen LogP contribution in [0.5, 0.6) is 0 Å². The number of hydrogen-bond acceptors (Lipinski definition) is 2. The van der Waals surface area contributed by atoms with E-state index in [0.717, 1.165) is 11.8 Å². The Kier molecular flexibility index (Phi) is 9.54. The van der Waals surface area contributed by atoms with Gasteiger partial charge in [-0.3, -0.25) is 0 Å². The van der Waals surface area contributed by atoms with Crippen molar-refractivity contribution in [2.45, 2.75) is 78.2 Å². The Hall–Kier alpha value is -0.0800. The van der Waals surface area contributed by atoms with Crippen LogP contribution in [0.25, 0.3) is 0 Å². The van der Waals surface area contributed by atoms with E-state index in [1.165, 1.54) is 71.0 Å². The molecule has 0 radical (unpaired) electrons. The van der Waals surface area contributed by atoms with Crippen LogP contribution in [0.15, 0.2) is 0 Å². The lowest BCUT2D eigenvalue weighted by Crippen LogP contribution is -2.36. The molecule has 0 amide bonds. The molecule has 2 rings (SSSR count). The zero-order valence-corrected chi connectivity index (χ0v) is 14.4. The molecule has 1 heterocycles. The summed E-state index contributed by atoms with van der Waals surface area (Å²) in [6.45, 7) is 10.5. The highest BCUT2D eigenvalue weighted by Gasteiger charge is 2.18. The van der Waals surface area contributed by atoms with Gasteiger partial charge in [0.1, 0.15) is 0 Å². The standard InChI is InChI=1S/C10H20.C8H17NO/c1-3-9-5-7-10(4-2)8-6-9;1-3-9-6-4-8(10-2)5-7-9/h9-10H,3-8H2,1-2H3;8H,3-7H2,1-2H3. The van der Waals surface area contributed by atoms with Gasteiger partial charge in [-0.2, -0.15) is 0 Å². The second kappa shape index (κ2) is 10.6. The first-order chi connectivity index (χ1) is 9.73. The Morgan fingerprint density at radius 1 is 0.800 bits per heavy atom. The van der Waals surface area contributed by atoms with Crippen LogP contribution in [0.1, 0.15) is 72.1 Å². The number of ether oxygens (including phenoxy) is 1. The van der Waals surface area contributed by atoms with Crippen molar-refractivity contribution in [2.75, 3.05) is 26.7 Å². The van der Waals surface area contributed by atoms with Gasteiger partial charge >= 0.3 is 0 Å². The molecule has 20 heavy (non-hydrogen) atoms. The predicted molar refractivity (Wildman–Crippen MR) is 88.2 cm³/mol. The van der Waals surface area contributed by atoms with E-state index in [1.807, 2.05) is 7.11 Å². The summed E-state index contributed by atoms with van der Waals surface area (Å²) in [4.78, 5) is 2.47. The molecule has 1 saturated carbocycles. The lowest BCUT2D eigenvalue weighted by molar-refractivity contribution is 0.0427. The summed E-state index contributed by atoms with van der Waals surface area (Å²) < 4.78 is 5.26. The first-order valence-corrected chi connectivity index (χ1v) is 8.98. The summed E-state index contributed by atoms with van der Waals surface area (Å²) in [7, 11) is 1.81. The average Bonchev–Trinajstić information content (AvgIpc) is 2.55. The van der Waals surface area contributed by atoms with Crippen molar-refractivity contribution in [3.8, 4) is 0 Å². The molecule has 120 valence electrons. The van der Waals surface area contributed by atoms with Crippen molar-refractivity contribution in [3.05, 3.63) is 0 Å². The molecule has 1 aliphatic carbocycles. The molecule has 1 aliphatic heterocycles. The van der Waals surface area contributed by atoms with Crippen molar-refractivity contribution in [3.63, 3.8) is 0 Å². The van der Waals surface area contributed by atoms with E-state index in [9.17, 15) is 0 Å². The number of hydrogen-bond donors (Lipinski definition) is 0. The van der Waals surface area contributed by atoms with E-state index < -0.39 is 0 Å². The lowest BCUT2D eigenvalue weighted by atomic mass is 9.80. The van der Waals surface area contributed by atoms with Crippen LogP contribution >= 0.6 is 0 Å². The van der Waals surface area contributed by atoms with Crippen molar-refractivity contribution in [1.82, 2.24) is 4.90 Å². The maximum Gasteiger partial charge on any atom is 0.0595 e. The molecule has 2 fully saturated rings. The molecular formula is C18H37NO. The second-order valence-electron chi connectivity index (χ2n) is 6.57. The molecule has 1 saturated heterocycles. The first kappa shape index (κ1) is 18.0. The molecule has 0 unspecified atom stereocenters. The molecule has 0 N–H and O–H groups in total. The van der Waals surface area contributed by atoms with Gasteiger partial charge in [0.15, 0.2) is 0 Å². The summed E-state index contributed by atoms with van der Waals surface area (Å²) in [6, 6.07) is 0. The van der Waals surface area contributed by atoms with Gasteiger partial charge in [0.2, 0.25) is 0 Å². The van der Waals surface area contributed by atoms with Crippen LogP contribution in [0.2, 0.25) is 0 Å². The number of nitrogens with zero attached hydrogens (tertiary/aromatic N) is 1. The zero-order chi connectivity index (χ0) is 14.8. The second-order valence-corrected chi connectivity index (χ2v) is 6.57. The number of piperidine rings is 1. The lowest BCUT2D eigenvalue weighted by Gasteiger charge is -2.29. The minimum atomic E-state index is 0.530. The molecule has 0 bridgehead atoms. The van der Waals surface area contributed by atoms with Crippen molar-refractivity contribution in [1.29, 1.82) is 0 Å². The highest BCUT2D eigenvalue weighted by Crippen LogP contribution is 2.31. The molecule has 2 aliphatic rings. The van der Waals surface area contributed by atoms with E-state index in [2.05, 4.69) is 25.7 Å². The summed E-state index contributed by atoms with van der Waals surface area (Å²) >= 11 is 0. The largest absolute Gasteiger partial charge is 0.381 e. The topological polar surface area (TPSA) is 12.5 Å². The van der Waals surface area contributed by atoms with E-state index in [0.29, 0.717) is 6.10 Å².